The molecule has 2 aromatic rings. The smallest absolute Gasteiger partial charge is 0.273 e. The average Bonchev–Trinajstić information content (AvgIpc) is 2.39. The first-order chi connectivity index (χ1) is 9.47. The molecule has 0 saturated heterocycles. The van der Waals surface area contributed by atoms with Crippen molar-refractivity contribution >= 4 is 33.2 Å². The molecule has 0 aromatic heterocycles. The van der Waals surface area contributed by atoms with Gasteiger partial charge in [0.15, 0.2) is 0 Å². The van der Waals surface area contributed by atoms with E-state index in [2.05, 4.69) is 15.9 Å². The highest BCUT2D eigenvalue weighted by atomic mass is 79.9. The van der Waals surface area contributed by atoms with Crippen LogP contribution < -0.4 is 4.74 Å². The summed E-state index contributed by atoms with van der Waals surface area (Å²) in [5.74, 6) is 0.484. The first-order valence-electron chi connectivity index (χ1n) is 5.79. The monoisotopic (exact) mass is 355 g/mol. The Morgan fingerprint density at radius 3 is 2.70 bits per heavy atom. The van der Waals surface area contributed by atoms with Crippen LogP contribution in [0, 0.1) is 17.0 Å². The van der Waals surface area contributed by atoms with Gasteiger partial charge in [-0.3, -0.25) is 10.1 Å². The molecule has 0 spiro atoms. The predicted molar refractivity (Wildman–Crippen MR) is 81.3 cm³/mol. The number of non-ortho nitro benzene ring substituents is 1. The van der Waals surface area contributed by atoms with Gasteiger partial charge >= 0.3 is 0 Å². The van der Waals surface area contributed by atoms with Gasteiger partial charge in [0.2, 0.25) is 0 Å². The molecule has 2 aromatic carbocycles. The van der Waals surface area contributed by atoms with Crippen LogP contribution in [-0.4, -0.2) is 4.92 Å². The van der Waals surface area contributed by atoms with Crippen molar-refractivity contribution in [3.63, 3.8) is 0 Å². The SMILES string of the molecule is Cc1ccc([N+](=O)[O-])cc1OCc1ccc(Br)cc1Cl. The van der Waals surface area contributed by atoms with Crippen LogP contribution in [0.4, 0.5) is 5.69 Å². The summed E-state index contributed by atoms with van der Waals surface area (Å²) in [6.45, 7) is 2.09. The highest BCUT2D eigenvalue weighted by Gasteiger charge is 2.10. The Labute approximate surface area is 129 Å². The molecule has 0 aliphatic carbocycles. The van der Waals surface area contributed by atoms with Crippen molar-refractivity contribution in [2.75, 3.05) is 0 Å². The number of halogens is 2. The lowest BCUT2D eigenvalue weighted by Gasteiger charge is -2.10. The van der Waals surface area contributed by atoms with Crippen LogP contribution in [0.3, 0.4) is 0 Å². The summed E-state index contributed by atoms with van der Waals surface area (Å²) in [5.41, 5.74) is 1.66. The number of nitrogens with zero attached hydrogens (tertiary/aromatic N) is 1. The van der Waals surface area contributed by atoms with Crippen LogP contribution in [0.5, 0.6) is 5.75 Å². The molecule has 0 bridgehead atoms. The summed E-state index contributed by atoms with van der Waals surface area (Å²) in [5, 5.41) is 11.3. The summed E-state index contributed by atoms with van der Waals surface area (Å²) in [6.07, 6.45) is 0. The summed E-state index contributed by atoms with van der Waals surface area (Å²) >= 11 is 9.43. The van der Waals surface area contributed by atoms with E-state index in [4.69, 9.17) is 16.3 Å². The molecule has 104 valence electrons. The number of rotatable bonds is 4. The van der Waals surface area contributed by atoms with E-state index in [1.54, 1.807) is 12.1 Å². The van der Waals surface area contributed by atoms with E-state index in [0.717, 1.165) is 15.6 Å². The van der Waals surface area contributed by atoms with Gasteiger partial charge in [-0.2, -0.15) is 0 Å². The Morgan fingerprint density at radius 1 is 1.30 bits per heavy atom. The van der Waals surface area contributed by atoms with Gasteiger partial charge in [0, 0.05) is 21.1 Å². The second kappa shape index (κ2) is 6.24. The molecule has 0 atom stereocenters. The largest absolute Gasteiger partial charge is 0.488 e. The van der Waals surface area contributed by atoms with Crippen molar-refractivity contribution in [2.24, 2.45) is 0 Å². The molecule has 2 rings (SSSR count). The van der Waals surface area contributed by atoms with Gasteiger partial charge in [-0.15, -0.1) is 0 Å². The quantitative estimate of drug-likeness (QED) is 0.578. The minimum Gasteiger partial charge on any atom is -0.488 e. The third-order valence-electron chi connectivity index (χ3n) is 2.78. The molecule has 20 heavy (non-hydrogen) atoms. The number of ether oxygens (including phenoxy) is 1. The summed E-state index contributed by atoms with van der Waals surface area (Å²) in [6, 6.07) is 10.0. The molecule has 4 nitrogen and oxygen atoms in total. The van der Waals surface area contributed by atoms with E-state index in [0.29, 0.717) is 10.8 Å². The Hall–Kier alpha value is -1.59. The molecular formula is C14H11BrClNO3. The van der Waals surface area contributed by atoms with Gasteiger partial charge in [0.05, 0.1) is 11.0 Å². The topological polar surface area (TPSA) is 52.4 Å². The minimum atomic E-state index is -0.446. The maximum absolute atomic E-state index is 10.8. The number of hydrogen-bond acceptors (Lipinski definition) is 3. The van der Waals surface area contributed by atoms with Crippen LogP contribution in [-0.2, 0) is 6.61 Å². The second-order valence-electron chi connectivity index (χ2n) is 4.23. The molecule has 0 heterocycles. The van der Waals surface area contributed by atoms with Gasteiger partial charge in [0.1, 0.15) is 12.4 Å². The molecule has 0 fully saturated rings. The lowest BCUT2D eigenvalue weighted by molar-refractivity contribution is -0.385. The second-order valence-corrected chi connectivity index (χ2v) is 5.55. The third kappa shape index (κ3) is 3.49. The number of nitro benzene ring substituents is 1. The zero-order chi connectivity index (χ0) is 14.7. The van der Waals surface area contributed by atoms with Crippen LogP contribution in [0.1, 0.15) is 11.1 Å². The van der Waals surface area contributed by atoms with E-state index in [1.807, 2.05) is 19.1 Å². The van der Waals surface area contributed by atoms with Crippen LogP contribution in [0.25, 0.3) is 0 Å². The fraction of sp³-hybridized carbons (Fsp3) is 0.143. The Kier molecular flexibility index (Phi) is 4.62. The van der Waals surface area contributed by atoms with Gasteiger partial charge in [0.25, 0.3) is 5.69 Å². The maximum Gasteiger partial charge on any atom is 0.273 e. The fourth-order valence-electron chi connectivity index (χ4n) is 1.65. The first kappa shape index (κ1) is 14.8. The zero-order valence-corrected chi connectivity index (χ0v) is 12.9. The highest BCUT2D eigenvalue weighted by Crippen LogP contribution is 2.27. The molecule has 0 unspecified atom stereocenters. The van der Waals surface area contributed by atoms with Crippen molar-refractivity contribution < 1.29 is 9.66 Å². The number of aryl methyl sites for hydroxylation is 1. The highest BCUT2D eigenvalue weighted by molar-refractivity contribution is 9.10. The third-order valence-corrected chi connectivity index (χ3v) is 3.63. The van der Waals surface area contributed by atoms with Gasteiger partial charge < -0.3 is 4.74 Å². The molecule has 0 radical (unpaired) electrons. The van der Waals surface area contributed by atoms with E-state index < -0.39 is 4.92 Å². The molecule has 0 saturated carbocycles. The van der Waals surface area contributed by atoms with Crippen molar-refractivity contribution in [3.05, 3.63) is 67.1 Å². The Morgan fingerprint density at radius 2 is 2.05 bits per heavy atom. The molecule has 0 N–H and O–H groups in total. The molecule has 0 aliphatic rings. The zero-order valence-electron chi connectivity index (χ0n) is 10.6. The standard InChI is InChI=1S/C14H11BrClNO3/c1-9-2-5-12(17(18)19)7-14(9)20-8-10-3-4-11(15)6-13(10)16/h2-7H,8H2,1H3. The number of nitro groups is 1. The van der Waals surface area contributed by atoms with Crippen molar-refractivity contribution in [1.29, 1.82) is 0 Å². The van der Waals surface area contributed by atoms with Crippen LogP contribution >= 0.6 is 27.5 Å². The average molecular weight is 357 g/mol. The molecule has 0 aliphatic heterocycles. The van der Waals surface area contributed by atoms with E-state index >= 15 is 0 Å². The van der Waals surface area contributed by atoms with Crippen molar-refractivity contribution in [1.82, 2.24) is 0 Å². The number of hydrogen-bond donors (Lipinski definition) is 0. The maximum atomic E-state index is 10.8. The fourth-order valence-corrected chi connectivity index (χ4v) is 2.38. The normalized spacial score (nSPS) is 10.3. The molecular weight excluding hydrogens is 346 g/mol. The van der Waals surface area contributed by atoms with Crippen LogP contribution in [0.15, 0.2) is 40.9 Å². The lowest BCUT2D eigenvalue weighted by atomic mass is 10.2. The molecule has 6 heteroatoms. The summed E-state index contributed by atoms with van der Waals surface area (Å²) in [7, 11) is 0. The van der Waals surface area contributed by atoms with Crippen LogP contribution in [0.2, 0.25) is 5.02 Å². The van der Waals surface area contributed by atoms with Gasteiger partial charge in [-0.25, -0.2) is 0 Å². The lowest BCUT2D eigenvalue weighted by Crippen LogP contribution is -1.99. The van der Waals surface area contributed by atoms with E-state index in [-0.39, 0.29) is 12.3 Å². The Bertz CT molecular complexity index is 661. The van der Waals surface area contributed by atoms with Crippen molar-refractivity contribution in [3.8, 4) is 5.75 Å². The first-order valence-corrected chi connectivity index (χ1v) is 6.96. The van der Waals surface area contributed by atoms with E-state index in [9.17, 15) is 10.1 Å². The van der Waals surface area contributed by atoms with E-state index in [1.165, 1.54) is 12.1 Å². The minimum absolute atomic E-state index is 0.00695. The predicted octanol–water partition coefficient (Wildman–Crippen LogP) is 4.90. The summed E-state index contributed by atoms with van der Waals surface area (Å²) in [4.78, 5) is 10.3. The van der Waals surface area contributed by atoms with Crippen molar-refractivity contribution in [2.45, 2.75) is 13.5 Å². The summed E-state index contributed by atoms with van der Waals surface area (Å²) < 4.78 is 6.52. The van der Waals surface area contributed by atoms with Gasteiger partial charge in [-0.05, 0) is 30.7 Å². The molecule has 0 amide bonds. The number of benzene rings is 2. The Balaban J connectivity index is 2.18. The van der Waals surface area contributed by atoms with Gasteiger partial charge in [-0.1, -0.05) is 33.6 Å².